The fourth-order valence-corrected chi connectivity index (χ4v) is 20.6. The summed E-state index contributed by atoms with van der Waals surface area (Å²) in [6, 6.07) is 0. The van der Waals surface area contributed by atoms with Gasteiger partial charge in [-0.1, -0.05) is 128 Å². The third-order valence-electron chi connectivity index (χ3n) is 25.7. The minimum Gasteiger partial charge on any atom is -0.393 e. The number of carbonyl (C=O) groups excluding carboxylic acids is 1. The molecule has 0 aromatic rings. The normalized spacial score (nSPS) is 45.3. The molecule has 0 bridgehead atoms. The highest BCUT2D eigenvalue weighted by Crippen LogP contribution is 2.78. The Balaban J connectivity index is 0.000000344. The molecule has 7 heteroatoms. The summed E-state index contributed by atoms with van der Waals surface area (Å²) in [4.78, 5) is 14.0. The molecule has 8 aliphatic carbocycles. The summed E-state index contributed by atoms with van der Waals surface area (Å²) in [5.74, 6) is 5.10. The van der Waals surface area contributed by atoms with E-state index in [-0.39, 0.29) is 77.0 Å². The van der Waals surface area contributed by atoms with Crippen molar-refractivity contribution in [2.24, 2.45) is 102 Å². The Morgan fingerprint density at radius 3 is 1.44 bits per heavy atom. The number of carbonyl (C=O) groups is 1. The number of hydrogen-bond acceptors (Lipinski definition) is 4. The zero-order valence-corrected chi connectivity index (χ0v) is 52.0. The Kier molecular flexibility index (Phi) is 21.6. The Morgan fingerprint density at radius 1 is 0.630 bits per heavy atom. The molecule has 428 valence electrons. The lowest BCUT2D eigenvalue weighted by Gasteiger charge is -2.70. The third-order valence-corrected chi connectivity index (χ3v) is 25.7. The Hall–Kier alpha value is 0.0400. The molecule has 0 saturated heterocycles. The number of rotatable bonds is 8. The first-order chi connectivity index (χ1) is 33.0. The van der Waals surface area contributed by atoms with Crippen molar-refractivity contribution in [2.75, 3.05) is 12.0 Å². The smallest absolute Gasteiger partial charge is 0.137 e. The van der Waals surface area contributed by atoms with Gasteiger partial charge in [-0.25, -0.2) is 0 Å². The molecule has 0 aliphatic heterocycles. The highest BCUT2D eigenvalue weighted by molar-refractivity contribution is 7.15. The van der Waals surface area contributed by atoms with Crippen LogP contribution in [-0.2, 0) is 4.79 Å². The Bertz CT molecular complexity index is 1920. The Morgan fingerprint density at radius 2 is 1.00 bits per heavy atom. The van der Waals surface area contributed by atoms with Crippen molar-refractivity contribution in [3.8, 4) is 0 Å². The number of aliphatic hydroxyl groups excluding tert-OH is 1. The molecule has 73 heavy (non-hydrogen) atoms. The minimum atomic E-state index is -0.767. The molecule has 0 amide bonds. The van der Waals surface area contributed by atoms with Gasteiger partial charge in [0.2, 0.25) is 0 Å². The van der Waals surface area contributed by atoms with Crippen molar-refractivity contribution in [3.05, 3.63) is 23.3 Å². The number of fused-ring (bicyclic) bond motifs is 10. The lowest BCUT2D eigenvalue weighted by molar-refractivity contribution is -0.240. The van der Waals surface area contributed by atoms with Crippen LogP contribution < -0.4 is 0 Å². The number of ketones is 1. The van der Waals surface area contributed by atoms with E-state index < -0.39 is 11.2 Å². The molecule has 0 aromatic heterocycles. The van der Waals surface area contributed by atoms with Crippen molar-refractivity contribution in [2.45, 2.75) is 272 Å². The second-order valence-corrected chi connectivity index (χ2v) is 30.5. The molecule has 8 saturated carbocycles. The predicted octanol–water partition coefficient (Wildman–Crippen LogP) is 18.9. The summed E-state index contributed by atoms with van der Waals surface area (Å²) >= 11 is 9.53. The van der Waals surface area contributed by atoms with Crippen molar-refractivity contribution >= 4 is 38.2 Å². The number of alkyl halides is 2. The average Bonchev–Trinajstić information content (AvgIpc) is 3.85. The maximum atomic E-state index is 14.0. The molecule has 3 N–H and O–H groups in total. The summed E-state index contributed by atoms with van der Waals surface area (Å²) < 4.78 is 6.24. The first kappa shape index (κ1) is 65.6. The highest BCUT2D eigenvalue weighted by atomic mass is 35.5. The fraction of sp³-hybridized carbons (Fsp3) is 0.924. The first-order valence-electron chi connectivity index (χ1n) is 29.7. The van der Waals surface area contributed by atoms with Crippen molar-refractivity contribution in [1.82, 2.24) is 0 Å². The molecule has 8 rings (SSSR count). The van der Waals surface area contributed by atoms with E-state index in [0.29, 0.717) is 49.0 Å². The topological polar surface area (TPSA) is 77.8 Å². The van der Waals surface area contributed by atoms with Gasteiger partial charge < -0.3 is 15.3 Å². The van der Waals surface area contributed by atoms with Crippen LogP contribution in [0.5, 0.6) is 0 Å². The second kappa shape index (κ2) is 24.0. The maximum absolute atomic E-state index is 14.0. The van der Waals surface area contributed by atoms with E-state index in [1.54, 1.807) is 0 Å². The predicted molar refractivity (Wildman–Crippen MR) is 322 cm³/mol. The quantitative estimate of drug-likeness (QED) is 0.129. The summed E-state index contributed by atoms with van der Waals surface area (Å²) in [5, 5.41) is 35.3. The van der Waals surface area contributed by atoms with Gasteiger partial charge in [0.15, 0.2) is 0 Å². The van der Waals surface area contributed by atoms with Gasteiger partial charge in [0.25, 0.3) is 0 Å². The van der Waals surface area contributed by atoms with E-state index in [1.165, 1.54) is 62.5 Å². The lowest BCUT2D eigenvalue weighted by Crippen LogP contribution is -2.66. The summed E-state index contributed by atoms with van der Waals surface area (Å²) in [5.41, 5.74) is 3.04. The molecular formula is C66H121Cl2O4P. The van der Waals surface area contributed by atoms with Crippen LogP contribution in [0.15, 0.2) is 23.3 Å². The van der Waals surface area contributed by atoms with Gasteiger partial charge in [0.05, 0.1) is 23.9 Å². The minimum absolute atomic E-state index is 0. The monoisotopic (exact) mass is 1080 g/mol. The largest absolute Gasteiger partial charge is 0.393 e. The molecule has 8 fully saturated rings. The van der Waals surface area contributed by atoms with E-state index in [4.69, 9.17) is 24.5 Å². The van der Waals surface area contributed by atoms with Crippen LogP contribution in [0.3, 0.4) is 0 Å². The van der Waals surface area contributed by atoms with Crippen LogP contribution in [0.4, 0.5) is 0 Å². The van der Waals surface area contributed by atoms with Crippen molar-refractivity contribution < 1.29 is 20.1 Å². The average molecular weight is 1080 g/mol. The SMILES string of the molecule is C.C.CC(C)=CCC[C@](C)(O)C1CC[C@]2(C)C1C(=O)CC1[C@@]3(C)CC[C@H](C)C(C)(C)C3CC[C@]12C.CC(C)=CCC[C@](C)(O)C1CC[C@]2(C)C1[C@H](O)CC1[C@@]3(C)CC[C@H](C)C(C)(C)C3CC[C@]12C.ClCCl.[2H]PC. The summed E-state index contributed by atoms with van der Waals surface area (Å²) in [7, 11) is 0.333. The van der Waals surface area contributed by atoms with Gasteiger partial charge in [0, 0.05) is 12.3 Å². The first-order valence-corrected chi connectivity index (χ1v) is 31.2. The highest BCUT2D eigenvalue weighted by Gasteiger charge is 2.73. The van der Waals surface area contributed by atoms with Gasteiger partial charge in [-0.15, -0.1) is 32.4 Å². The van der Waals surface area contributed by atoms with Gasteiger partial charge in [-0.3, -0.25) is 4.79 Å². The van der Waals surface area contributed by atoms with Crippen LogP contribution in [0.1, 0.15) is 255 Å². The number of halogens is 2. The molecule has 0 aromatic carbocycles. The molecule has 4 nitrogen and oxygen atoms in total. The van der Waals surface area contributed by atoms with Gasteiger partial charge in [-0.2, -0.15) is 0 Å². The van der Waals surface area contributed by atoms with Crippen LogP contribution >= 0.6 is 32.4 Å². The number of allylic oxidation sites excluding steroid dienone is 4. The second-order valence-electron chi connectivity index (χ2n) is 29.7. The van der Waals surface area contributed by atoms with Crippen molar-refractivity contribution in [3.63, 3.8) is 0 Å². The van der Waals surface area contributed by atoms with Crippen LogP contribution in [0, 0.1) is 102 Å². The van der Waals surface area contributed by atoms with E-state index in [2.05, 4.69) is 130 Å². The third kappa shape index (κ3) is 11.4. The fourth-order valence-electron chi connectivity index (χ4n) is 20.6. The van der Waals surface area contributed by atoms with Crippen LogP contribution in [0.25, 0.3) is 0 Å². The molecule has 0 heterocycles. The van der Waals surface area contributed by atoms with E-state index in [0.717, 1.165) is 82.0 Å². The van der Waals surface area contributed by atoms with Gasteiger partial charge >= 0.3 is 0 Å². The Labute approximate surface area is 467 Å². The van der Waals surface area contributed by atoms with Crippen LogP contribution in [0.2, 0.25) is 0 Å². The van der Waals surface area contributed by atoms with Crippen LogP contribution in [-0.4, -0.2) is 51.7 Å². The molecule has 0 spiro atoms. The standard InChI is InChI=1S/C31H54O2.C31H52O2.CH2Cl2.CH5P.2CH4/c2*1-20(2)11-10-15-31(9,33)22-13-17-30(8)26(22)23(32)19-25-28(6)16-12-21(3)27(4,5)24(28)14-18-29(25,30)7;2-1-3;1-2;;/h11,21-26,32-33H,10,12-19H2,1-9H3;11,21-22,24-26,33H,10,12-19H2,1-9H3;1H2;2H2,1H3;2*1H4/t21-,22?,23+,24?,25?,26?,28-,29+,30+,31-;21-,22?,24?,25?,26?,28-,29+,30+,31-;;;;/m00..../s1/i;;;2D;;. The molecule has 20 atom stereocenters. The van der Waals surface area contributed by atoms with Gasteiger partial charge in [-0.05, 0) is 247 Å². The maximum Gasteiger partial charge on any atom is 0.137 e. The zero-order valence-electron chi connectivity index (χ0n) is 50.4. The van der Waals surface area contributed by atoms with E-state index >= 15 is 0 Å². The number of hydrogen-bond donors (Lipinski definition) is 3. The molecule has 8 aliphatic rings. The van der Waals surface area contributed by atoms with Gasteiger partial charge in [0.1, 0.15) is 5.78 Å². The molecular weight excluding hydrogens is 959 g/mol. The zero-order chi connectivity index (χ0) is 54.6. The van der Waals surface area contributed by atoms with E-state index in [9.17, 15) is 20.1 Å². The number of aliphatic hydroxyl groups is 3. The molecule has 0 radical (unpaired) electrons. The summed E-state index contributed by atoms with van der Waals surface area (Å²) in [6.45, 7) is 44.7. The van der Waals surface area contributed by atoms with Crippen molar-refractivity contribution in [1.29, 1.82) is 1.28 Å². The van der Waals surface area contributed by atoms with E-state index in [1.807, 2.05) is 13.6 Å². The number of Topliss-reactive ketones (excluding diaryl/α,β-unsaturated/α-hetero) is 1. The lowest BCUT2D eigenvalue weighted by atomic mass is 9.34. The molecule has 9 unspecified atom stereocenters. The summed E-state index contributed by atoms with van der Waals surface area (Å²) in [6.07, 6.45) is 24.0.